The van der Waals surface area contributed by atoms with Crippen molar-refractivity contribution in [1.82, 2.24) is 5.32 Å². The van der Waals surface area contributed by atoms with Gasteiger partial charge in [-0.05, 0) is 40.4 Å². The Morgan fingerprint density at radius 2 is 1.56 bits per heavy atom. The zero-order chi connectivity index (χ0) is 23.5. The molecule has 7 heteroatoms. The molecule has 0 bridgehead atoms. The Hall–Kier alpha value is -2.64. The van der Waals surface area contributed by atoms with Crippen LogP contribution in [0.4, 0.5) is 4.79 Å². The summed E-state index contributed by atoms with van der Waals surface area (Å²) in [6.45, 7) is 11.0. The molecule has 32 heavy (non-hydrogen) atoms. The molecule has 2 aromatic carbocycles. The minimum atomic E-state index is -1.98. The number of carbonyl (C=O) groups is 2. The van der Waals surface area contributed by atoms with Crippen LogP contribution in [-0.4, -0.2) is 44.7 Å². The van der Waals surface area contributed by atoms with Crippen LogP contribution in [0.1, 0.15) is 44.2 Å². The van der Waals surface area contributed by atoms with Crippen LogP contribution >= 0.6 is 0 Å². The first-order valence-corrected chi connectivity index (χ1v) is 13.9. The summed E-state index contributed by atoms with van der Waals surface area (Å²) in [5, 5.41) is 12.1. The van der Waals surface area contributed by atoms with Gasteiger partial charge in [0.2, 0.25) is 0 Å². The third-order valence-electron chi connectivity index (χ3n) is 6.61. The molecule has 1 aliphatic rings. The lowest BCUT2D eigenvalue weighted by Crippen LogP contribution is -2.45. The second-order valence-corrected chi connectivity index (χ2v) is 14.6. The van der Waals surface area contributed by atoms with Crippen LogP contribution in [-0.2, 0) is 14.0 Å². The molecule has 0 fully saturated rings. The van der Waals surface area contributed by atoms with Gasteiger partial charge in [-0.2, -0.15) is 0 Å². The van der Waals surface area contributed by atoms with E-state index in [1.807, 2.05) is 36.4 Å². The zero-order valence-corrected chi connectivity index (χ0v) is 20.5. The largest absolute Gasteiger partial charge is 0.480 e. The minimum absolute atomic E-state index is 0.0337. The number of carboxylic acids is 1. The van der Waals surface area contributed by atoms with E-state index in [2.05, 4.69) is 51.3 Å². The van der Waals surface area contributed by atoms with E-state index in [4.69, 9.17) is 9.16 Å². The average Bonchev–Trinajstić information content (AvgIpc) is 3.04. The van der Waals surface area contributed by atoms with E-state index in [-0.39, 0.29) is 30.6 Å². The molecular weight excluding hydrogens is 422 g/mol. The molecule has 0 unspecified atom stereocenters. The van der Waals surface area contributed by atoms with Crippen molar-refractivity contribution in [2.75, 3.05) is 13.2 Å². The van der Waals surface area contributed by atoms with Crippen LogP contribution in [0.15, 0.2) is 48.5 Å². The van der Waals surface area contributed by atoms with Crippen LogP contribution in [0.2, 0.25) is 18.1 Å². The first kappa shape index (κ1) is 24.0. The maximum Gasteiger partial charge on any atom is 0.407 e. The highest BCUT2D eigenvalue weighted by atomic mass is 28.4. The topological polar surface area (TPSA) is 84.9 Å². The molecule has 0 spiro atoms. The number of carbonyl (C=O) groups excluding carboxylic acids is 1. The fourth-order valence-corrected chi connectivity index (χ4v) is 4.75. The number of rotatable bonds is 8. The number of aliphatic carboxylic acids is 1. The molecule has 0 aromatic heterocycles. The summed E-state index contributed by atoms with van der Waals surface area (Å²) in [5.74, 6) is -1.17. The van der Waals surface area contributed by atoms with Crippen molar-refractivity contribution in [3.8, 4) is 11.1 Å². The van der Waals surface area contributed by atoms with Crippen molar-refractivity contribution in [2.24, 2.45) is 0 Å². The Kier molecular flexibility index (Phi) is 7.10. The number of ether oxygens (including phenoxy) is 1. The van der Waals surface area contributed by atoms with Gasteiger partial charge in [-0.1, -0.05) is 69.3 Å². The molecular formula is C25H33NO5Si. The Balaban J connectivity index is 1.58. The molecule has 0 aliphatic heterocycles. The molecule has 3 rings (SSSR count). The van der Waals surface area contributed by atoms with Gasteiger partial charge >= 0.3 is 12.1 Å². The van der Waals surface area contributed by atoms with Gasteiger partial charge in [0.25, 0.3) is 0 Å². The highest BCUT2D eigenvalue weighted by Gasteiger charge is 2.37. The van der Waals surface area contributed by atoms with E-state index in [0.29, 0.717) is 0 Å². The predicted molar refractivity (Wildman–Crippen MR) is 127 cm³/mol. The lowest BCUT2D eigenvalue weighted by Gasteiger charge is -2.36. The molecule has 2 N–H and O–H groups in total. The van der Waals surface area contributed by atoms with E-state index in [9.17, 15) is 14.7 Å². The van der Waals surface area contributed by atoms with E-state index in [1.165, 1.54) is 0 Å². The Bertz CT molecular complexity index is 937. The number of hydrogen-bond acceptors (Lipinski definition) is 4. The predicted octanol–water partition coefficient (Wildman–Crippen LogP) is 5.39. The average molecular weight is 456 g/mol. The van der Waals surface area contributed by atoms with Crippen molar-refractivity contribution in [3.05, 3.63) is 59.7 Å². The molecule has 2 aromatic rings. The fraction of sp³-hybridized carbons (Fsp3) is 0.440. The summed E-state index contributed by atoms with van der Waals surface area (Å²) in [6.07, 6.45) is -0.543. The quantitative estimate of drug-likeness (QED) is 0.521. The monoisotopic (exact) mass is 455 g/mol. The number of benzene rings is 2. The normalized spacial score (nSPS) is 14.4. The van der Waals surface area contributed by atoms with Crippen LogP contribution in [0.5, 0.6) is 0 Å². The van der Waals surface area contributed by atoms with Gasteiger partial charge in [0, 0.05) is 18.9 Å². The summed E-state index contributed by atoms with van der Waals surface area (Å²) in [5.41, 5.74) is 4.50. The summed E-state index contributed by atoms with van der Waals surface area (Å²) in [4.78, 5) is 24.1. The molecule has 0 radical (unpaired) electrons. The number of amides is 1. The van der Waals surface area contributed by atoms with Gasteiger partial charge in [0.05, 0.1) is 0 Å². The fourth-order valence-electron chi connectivity index (χ4n) is 3.69. The summed E-state index contributed by atoms with van der Waals surface area (Å²) >= 11 is 0. The van der Waals surface area contributed by atoms with Gasteiger partial charge in [-0.3, -0.25) is 0 Å². The standard InChI is InChI=1S/C25H33NO5Si/c1-25(2,3)32(4,5)31-15-14-22(23(27)28)26-24(29)30-16-21-19-12-8-6-10-17(19)18-11-7-9-13-20(18)21/h6-13,21-22H,14-16H2,1-5H3,(H,26,29)(H,27,28)/t22-/m0/s1. The Morgan fingerprint density at radius 3 is 2.06 bits per heavy atom. The highest BCUT2D eigenvalue weighted by Crippen LogP contribution is 2.44. The Morgan fingerprint density at radius 1 is 1.03 bits per heavy atom. The van der Waals surface area contributed by atoms with Crippen LogP contribution in [0.25, 0.3) is 11.1 Å². The molecule has 0 heterocycles. The van der Waals surface area contributed by atoms with E-state index in [1.54, 1.807) is 0 Å². The molecule has 0 saturated carbocycles. The smallest absolute Gasteiger partial charge is 0.407 e. The summed E-state index contributed by atoms with van der Waals surface area (Å²) < 4.78 is 11.5. The second kappa shape index (κ2) is 9.46. The van der Waals surface area contributed by atoms with Crippen molar-refractivity contribution < 1.29 is 23.9 Å². The van der Waals surface area contributed by atoms with Gasteiger partial charge < -0.3 is 19.6 Å². The van der Waals surface area contributed by atoms with Gasteiger partial charge in [-0.25, -0.2) is 9.59 Å². The first-order valence-electron chi connectivity index (χ1n) is 11.0. The number of hydrogen-bond donors (Lipinski definition) is 2. The molecule has 0 saturated heterocycles. The van der Waals surface area contributed by atoms with E-state index < -0.39 is 26.4 Å². The molecule has 6 nitrogen and oxygen atoms in total. The van der Waals surface area contributed by atoms with Crippen molar-refractivity contribution >= 4 is 20.4 Å². The number of carboxylic acid groups (broad SMARTS) is 1. The highest BCUT2D eigenvalue weighted by molar-refractivity contribution is 6.74. The number of fused-ring (bicyclic) bond motifs is 3. The maximum absolute atomic E-state index is 12.4. The van der Waals surface area contributed by atoms with E-state index in [0.717, 1.165) is 22.3 Å². The molecule has 1 aliphatic carbocycles. The van der Waals surface area contributed by atoms with Crippen LogP contribution in [0, 0.1) is 0 Å². The van der Waals surface area contributed by atoms with E-state index >= 15 is 0 Å². The third-order valence-corrected chi connectivity index (χ3v) is 11.1. The van der Waals surface area contributed by atoms with Crippen LogP contribution in [0.3, 0.4) is 0 Å². The Labute approximate surface area is 191 Å². The minimum Gasteiger partial charge on any atom is -0.480 e. The summed E-state index contributed by atoms with van der Waals surface area (Å²) in [6, 6.07) is 15.1. The summed E-state index contributed by atoms with van der Waals surface area (Å²) in [7, 11) is -1.98. The lowest BCUT2D eigenvalue weighted by atomic mass is 9.98. The van der Waals surface area contributed by atoms with Crippen LogP contribution < -0.4 is 5.32 Å². The van der Waals surface area contributed by atoms with Crippen molar-refractivity contribution in [3.63, 3.8) is 0 Å². The maximum atomic E-state index is 12.4. The number of alkyl carbamates (subject to hydrolysis) is 1. The van der Waals surface area contributed by atoms with Crippen molar-refractivity contribution in [1.29, 1.82) is 0 Å². The SMILES string of the molecule is CC(C)(C)[Si](C)(C)OCC[C@H](NC(=O)OCC1c2ccccc2-c2ccccc21)C(=O)O. The van der Waals surface area contributed by atoms with Gasteiger partial charge in [-0.15, -0.1) is 0 Å². The number of nitrogens with one attached hydrogen (secondary N) is 1. The third kappa shape index (κ3) is 5.22. The second-order valence-electron chi connectivity index (χ2n) is 9.76. The van der Waals surface area contributed by atoms with Gasteiger partial charge in [0.15, 0.2) is 8.32 Å². The van der Waals surface area contributed by atoms with Gasteiger partial charge in [0.1, 0.15) is 12.6 Å². The molecule has 1 amide bonds. The molecule has 172 valence electrons. The zero-order valence-electron chi connectivity index (χ0n) is 19.5. The van der Waals surface area contributed by atoms with Crippen molar-refractivity contribution in [2.45, 2.75) is 57.3 Å². The molecule has 1 atom stereocenters. The lowest BCUT2D eigenvalue weighted by molar-refractivity contribution is -0.139. The first-order chi connectivity index (χ1) is 15.0.